The van der Waals surface area contributed by atoms with Gasteiger partial charge < -0.3 is 10.4 Å². The van der Waals surface area contributed by atoms with Crippen LogP contribution in [0.4, 0.5) is 0 Å². The third-order valence-electron chi connectivity index (χ3n) is 5.42. The molecule has 7 heteroatoms. The van der Waals surface area contributed by atoms with Crippen LogP contribution in [0.2, 0.25) is 0 Å². The van der Waals surface area contributed by atoms with E-state index in [0.717, 1.165) is 17.3 Å². The Labute approximate surface area is 205 Å². The van der Waals surface area contributed by atoms with Crippen molar-refractivity contribution in [3.05, 3.63) is 71.3 Å². The van der Waals surface area contributed by atoms with Gasteiger partial charge in [0.15, 0.2) is 4.87 Å². The van der Waals surface area contributed by atoms with Crippen molar-refractivity contribution < 1.29 is 19.5 Å². The molecule has 0 aliphatic heterocycles. The van der Waals surface area contributed by atoms with Gasteiger partial charge in [-0.15, -0.1) is 11.8 Å². The molecule has 5 nitrogen and oxygen atoms in total. The third-order valence-corrected chi connectivity index (χ3v) is 8.02. The standard InChI is InChI=1S/C26H33NO4S2/c1-17(2)19-12-14-21(15-13-19)25(4,5)33-26(6,24(30)31)27-22(28)18(3)16-32-23(29)20-10-8-7-9-11-20/h7-15,17-18H,16H2,1-6H3,(H,27,28)(H,30,31)/t18-,26-/m1/s1. The number of hydrogen-bond acceptors (Lipinski definition) is 5. The van der Waals surface area contributed by atoms with Crippen LogP contribution in [-0.2, 0) is 14.3 Å². The molecule has 2 atom stereocenters. The fourth-order valence-electron chi connectivity index (χ4n) is 3.25. The van der Waals surface area contributed by atoms with E-state index in [1.54, 1.807) is 31.2 Å². The molecular formula is C26H33NO4S2. The smallest absolute Gasteiger partial charge is 0.339 e. The number of carbonyl (C=O) groups excluding carboxylic acids is 2. The normalized spacial score (nSPS) is 14.4. The molecule has 1 amide bonds. The molecular weight excluding hydrogens is 454 g/mol. The predicted molar refractivity (Wildman–Crippen MR) is 138 cm³/mol. The summed E-state index contributed by atoms with van der Waals surface area (Å²) in [7, 11) is 0. The lowest BCUT2D eigenvalue weighted by molar-refractivity contribution is -0.143. The van der Waals surface area contributed by atoms with Crippen LogP contribution in [-0.4, -0.2) is 32.7 Å². The van der Waals surface area contributed by atoms with Crippen molar-refractivity contribution in [2.75, 3.05) is 5.75 Å². The fourth-order valence-corrected chi connectivity index (χ4v) is 5.62. The number of carbonyl (C=O) groups is 3. The van der Waals surface area contributed by atoms with E-state index < -0.39 is 27.4 Å². The largest absolute Gasteiger partial charge is 0.479 e. The number of rotatable bonds is 10. The minimum atomic E-state index is -1.53. The summed E-state index contributed by atoms with van der Waals surface area (Å²) in [6, 6.07) is 17.0. The average Bonchev–Trinajstić information content (AvgIpc) is 2.77. The first-order valence-corrected chi connectivity index (χ1v) is 12.7. The maximum absolute atomic E-state index is 12.8. The van der Waals surface area contributed by atoms with Crippen LogP contribution in [0.25, 0.3) is 0 Å². The van der Waals surface area contributed by atoms with E-state index >= 15 is 0 Å². The highest BCUT2D eigenvalue weighted by Gasteiger charge is 2.42. The zero-order valence-electron chi connectivity index (χ0n) is 20.0. The lowest BCUT2D eigenvalue weighted by Crippen LogP contribution is -2.53. The Morgan fingerprint density at radius 3 is 2.03 bits per heavy atom. The molecule has 0 heterocycles. The minimum Gasteiger partial charge on any atom is -0.479 e. The van der Waals surface area contributed by atoms with Gasteiger partial charge in [0.05, 0.1) is 0 Å². The second-order valence-electron chi connectivity index (χ2n) is 9.08. The molecule has 0 aliphatic rings. The summed E-state index contributed by atoms with van der Waals surface area (Å²) in [5.74, 6) is -1.37. The lowest BCUT2D eigenvalue weighted by atomic mass is 9.97. The van der Waals surface area contributed by atoms with Gasteiger partial charge in [-0.2, -0.15) is 0 Å². The Hall–Kier alpha value is -2.25. The molecule has 2 aromatic carbocycles. The summed E-state index contributed by atoms with van der Waals surface area (Å²) in [6.07, 6.45) is 0. The van der Waals surface area contributed by atoms with Crippen molar-refractivity contribution in [2.24, 2.45) is 5.92 Å². The van der Waals surface area contributed by atoms with Crippen molar-refractivity contribution in [1.82, 2.24) is 5.32 Å². The Bertz CT molecular complexity index is 974. The highest BCUT2D eigenvalue weighted by Crippen LogP contribution is 2.43. The van der Waals surface area contributed by atoms with E-state index in [9.17, 15) is 19.5 Å². The lowest BCUT2D eigenvalue weighted by Gasteiger charge is -2.35. The van der Waals surface area contributed by atoms with Gasteiger partial charge >= 0.3 is 5.97 Å². The van der Waals surface area contributed by atoms with Crippen LogP contribution in [0.5, 0.6) is 0 Å². The molecule has 2 rings (SSSR count). The summed E-state index contributed by atoms with van der Waals surface area (Å²) in [5, 5.41) is 12.6. The summed E-state index contributed by atoms with van der Waals surface area (Å²) in [5.41, 5.74) is 2.77. The molecule has 0 fully saturated rings. The van der Waals surface area contributed by atoms with Gasteiger partial charge in [-0.05, 0) is 37.8 Å². The summed E-state index contributed by atoms with van der Waals surface area (Å²) < 4.78 is -0.558. The second kappa shape index (κ2) is 11.3. The highest BCUT2D eigenvalue weighted by molar-refractivity contribution is 8.14. The Kier molecular flexibility index (Phi) is 9.20. The zero-order valence-corrected chi connectivity index (χ0v) is 21.7. The molecule has 0 bridgehead atoms. The van der Waals surface area contributed by atoms with E-state index in [1.165, 1.54) is 24.2 Å². The molecule has 0 spiro atoms. The van der Waals surface area contributed by atoms with E-state index in [0.29, 0.717) is 11.5 Å². The van der Waals surface area contributed by atoms with E-state index in [-0.39, 0.29) is 10.9 Å². The average molecular weight is 488 g/mol. The van der Waals surface area contributed by atoms with Gasteiger partial charge in [0.2, 0.25) is 11.0 Å². The van der Waals surface area contributed by atoms with Crippen molar-refractivity contribution in [3.8, 4) is 0 Å². The molecule has 0 saturated heterocycles. The molecule has 0 aliphatic carbocycles. The number of hydrogen-bond donors (Lipinski definition) is 2. The van der Waals surface area contributed by atoms with E-state index in [1.807, 2.05) is 32.0 Å². The van der Waals surface area contributed by atoms with E-state index in [4.69, 9.17) is 0 Å². The van der Waals surface area contributed by atoms with Crippen molar-refractivity contribution in [2.45, 2.75) is 57.1 Å². The van der Waals surface area contributed by atoms with Crippen molar-refractivity contribution in [1.29, 1.82) is 0 Å². The predicted octanol–water partition coefficient (Wildman–Crippen LogP) is 5.91. The number of aliphatic carboxylic acids is 1. The summed E-state index contributed by atoms with van der Waals surface area (Å²) >= 11 is 2.25. The van der Waals surface area contributed by atoms with Gasteiger partial charge in [-0.25, -0.2) is 4.79 Å². The van der Waals surface area contributed by atoms with Crippen LogP contribution in [0, 0.1) is 5.92 Å². The maximum Gasteiger partial charge on any atom is 0.339 e. The molecule has 178 valence electrons. The topological polar surface area (TPSA) is 83.5 Å². The second-order valence-corrected chi connectivity index (χ2v) is 12.1. The highest BCUT2D eigenvalue weighted by atomic mass is 32.2. The molecule has 0 aromatic heterocycles. The summed E-state index contributed by atoms with van der Waals surface area (Å²) in [4.78, 5) is 35.8. The Morgan fingerprint density at radius 2 is 1.52 bits per heavy atom. The maximum atomic E-state index is 12.8. The van der Waals surface area contributed by atoms with Crippen LogP contribution >= 0.6 is 23.5 Å². The Balaban J connectivity index is 2.06. The molecule has 0 saturated carbocycles. The first-order chi connectivity index (χ1) is 15.4. The minimum absolute atomic E-state index is 0.114. The third kappa shape index (κ3) is 7.37. The van der Waals surface area contributed by atoms with Crippen molar-refractivity contribution in [3.63, 3.8) is 0 Å². The number of carboxylic acid groups (broad SMARTS) is 1. The van der Waals surface area contributed by atoms with Gasteiger partial charge in [0.1, 0.15) is 0 Å². The molecule has 0 radical (unpaired) electrons. The van der Waals surface area contributed by atoms with Crippen LogP contribution in [0.15, 0.2) is 54.6 Å². The fraction of sp³-hybridized carbons (Fsp3) is 0.423. The number of benzene rings is 2. The van der Waals surface area contributed by atoms with Gasteiger partial charge in [0, 0.05) is 22.0 Å². The van der Waals surface area contributed by atoms with Crippen molar-refractivity contribution >= 4 is 40.5 Å². The molecule has 2 aromatic rings. The first kappa shape index (κ1) is 27.0. The first-order valence-electron chi connectivity index (χ1n) is 10.9. The number of amides is 1. The van der Waals surface area contributed by atoms with Gasteiger partial charge in [-0.3, -0.25) is 9.59 Å². The van der Waals surface area contributed by atoms with E-state index in [2.05, 4.69) is 31.3 Å². The molecule has 0 unspecified atom stereocenters. The molecule has 2 N–H and O–H groups in total. The van der Waals surface area contributed by atoms with Crippen LogP contribution in [0.1, 0.15) is 68.9 Å². The van der Waals surface area contributed by atoms with Gasteiger partial charge in [-0.1, -0.05) is 87.1 Å². The SMILES string of the molecule is CC(C)c1ccc(C(C)(C)S[C@@](C)(NC(=O)[C@H](C)CSC(=O)c2ccccc2)C(=O)O)cc1. The summed E-state index contributed by atoms with van der Waals surface area (Å²) in [6.45, 7) is 11.4. The number of nitrogens with one attached hydrogen (secondary N) is 1. The number of carboxylic acids is 1. The quantitative estimate of drug-likeness (QED) is 0.406. The van der Waals surface area contributed by atoms with Crippen LogP contribution in [0.3, 0.4) is 0 Å². The van der Waals surface area contributed by atoms with Gasteiger partial charge in [0.25, 0.3) is 0 Å². The zero-order chi connectivity index (χ0) is 24.8. The Morgan fingerprint density at radius 1 is 0.939 bits per heavy atom. The molecule has 33 heavy (non-hydrogen) atoms. The monoisotopic (exact) mass is 487 g/mol. The van der Waals surface area contributed by atoms with Crippen LogP contribution < -0.4 is 5.32 Å². The number of thioether (sulfide) groups is 2.